The average Bonchev–Trinajstić information content (AvgIpc) is 3.19. The Morgan fingerprint density at radius 2 is 1.94 bits per heavy atom. The first-order chi connectivity index (χ1) is 15.2. The number of guanidine groups is 1. The zero-order valence-electron chi connectivity index (χ0n) is 20.2. The lowest BCUT2D eigenvalue weighted by Gasteiger charge is -2.37. The molecule has 1 aromatic rings. The minimum atomic E-state index is -0.517. The minimum Gasteiger partial charge on any atom is -0.444 e. The van der Waals surface area contributed by atoms with Crippen molar-refractivity contribution in [3.05, 3.63) is 35.6 Å². The van der Waals surface area contributed by atoms with Crippen molar-refractivity contribution in [2.75, 3.05) is 39.4 Å². The summed E-state index contributed by atoms with van der Waals surface area (Å²) in [5.41, 5.74) is 0.421. The number of hydrogen-bond acceptors (Lipinski definition) is 4. The fraction of sp³-hybridized carbons (Fsp3) is 0.667. The molecule has 1 atom stereocenters. The maximum atomic E-state index is 13.5. The van der Waals surface area contributed by atoms with Crippen molar-refractivity contribution >= 4 is 36.0 Å². The summed E-state index contributed by atoms with van der Waals surface area (Å²) in [6.07, 6.45) is 2.15. The van der Waals surface area contributed by atoms with Gasteiger partial charge in [-0.15, -0.1) is 24.0 Å². The Labute approximate surface area is 213 Å². The minimum absolute atomic E-state index is 0. The van der Waals surface area contributed by atoms with Gasteiger partial charge in [-0.1, -0.05) is 12.1 Å². The second-order valence-corrected chi connectivity index (χ2v) is 9.65. The number of amides is 1. The highest BCUT2D eigenvalue weighted by Crippen LogP contribution is 2.35. The molecule has 1 unspecified atom stereocenters. The number of alkyl carbamates (subject to hydrolysis) is 1. The van der Waals surface area contributed by atoms with Crippen molar-refractivity contribution in [3.63, 3.8) is 0 Å². The van der Waals surface area contributed by atoms with Crippen molar-refractivity contribution in [2.24, 2.45) is 4.99 Å². The molecular weight excluding hydrogens is 538 g/mol. The van der Waals surface area contributed by atoms with E-state index in [4.69, 9.17) is 14.5 Å². The highest BCUT2D eigenvalue weighted by Gasteiger charge is 2.35. The van der Waals surface area contributed by atoms with Gasteiger partial charge in [0.15, 0.2) is 5.96 Å². The zero-order chi connectivity index (χ0) is 23.2. The Morgan fingerprint density at radius 3 is 2.55 bits per heavy atom. The van der Waals surface area contributed by atoms with Crippen LogP contribution in [-0.4, -0.2) is 68.0 Å². The Morgan fingerprint density at radius 1 is 1.27 bits per heavy atom. The van der Waals surface area contributed by atoms with Crippen LogP contribution in [0, 0.1) is 5.82 Å². The van der Waals surface area contributed by atoms with E-state index >= 15 is 0 Å². The first-order valence-corrected chi connectivity index (χ1v) is 11.6. The highest BCUT2D eigenvalue weighted by molar-refractivity contribution is 14.0. The van der Waals surface area contributed by atoms with Crippen molar-refractivity contribution in [2.45, 2.75) is 64.0 Å². The van der Waals surface area contributed by atoms with Gasteiger partial charge >= 0.3 is 6.09 Å². The van der Waals surface area contributed by atoms with Crippen LogP contribution in [0.5, 0.6) is 0 Å². The number of nitrogens with one attached hydrogen (secondary N) is 2. The Hall–Kier alpha value is -1.62. The van der Waals surface area contributed by atoms with E-state index in [2.05, 4.69) is 15.5 Å². The third-order valence-corrected chi connectivity index (χ3v) is 5.98. The van der Waals surface area contributed by atoms with Crippen LogP contribution >= 0.6 is 24.0 Å². The second kappa shape index (κ2) is 12.2. The van der Waals surface area contributed by atoms with E-state index in [-0.39, 0.29) is 47.3 Å². The molecule has 2 aliphatic rings. The fourth-order valence-electron chi connectivity index (χ4n) is 4.30. The molecule has 7 nitrogen and oxygen atoms in total. The molecular formula is C24H38FIN4O3. The van der Waals surface area contributed by atoms with Crippen LogP contribution in [0.1, 0.15) is 52.5 Å². The first-order valence-electron chi connectivity index (χ1n) is 11.6. The maximum Gasteiger partial charge on any atom is 0.407 e. The van der Waals surface area contributed by atoms with E-state index in [0.717, 1.165) is 43.9 Å². The Kier molecular flexibility index (Phi) is 10.2. The molecule has 0 aliphatic carbocycles. The topological polar surface area (TPSA) is 75.2 Å². The van der Waals surface area contributed by atoms with Crippen LogP contribution in [0.25, 0.3) is 0 Å². The van der Waals surface area contributed by atoms with E-state index < -0.39 is 5.60 Å². The summed E-state index contributed by atoms with van der Waals surface area (Å²) in [6, 6.07) is 6.81. The molecule has 3 rings (SSSR count). The van der Waals surface area contributed by atoms with E-state index in [1.807, 2.05) is 39.8 Å². The SMILES string of the molecule is CCNC(=NCC1(c2ccc(F)cc2)CCOCC1)N1CCC(NC(=O)OC(C)(C)C)C1.I. The fourth-order valence-corrected chi connectivity index (χ4v) is 4.30. The number of likely N-dealkylation sites (tertiary alicyclic amines) is 1. The number of carbonyl (C=O) groups excluding carboxylic acids is 1. The average molecular weight is 576 g/mol. The predicted octanol–water partition coefficient (Wildman–Crippen LogP) is 4.06. The zero-order valence-corrected chi connectivity index (χ0v) is 22.5. The lowest BCUT2D eigenvalue weighted by Crippen LogP contribution is -2.45. The highest BCUT2D eigenvalue weighted by atomic mass is 127. The van der Waals surface area contributed by atoms with Gasteiger partial charge in [0, 0.05) is 38.3 Å². The van der Waals surface area contributed by atoms with Gasteiger partial charge in [-0.2, -0.15) is 0 Å². The monoisotopic (exact) mass is 576 g/mol. The Balaban J connectivity index is 0.00000385. The second-order valence-electron chi connectivity index (χ2n) is 9.65. The van der Waals surface area contributed by atoms with E-state index in [0.29, 0.717) is 26.3 Å². The van der Waals surface area contributed by atoms with Gasteiger partial charge in [0.25, 0.3) is 0 Å². The molecule has 2 N–H and O–H groups in total. The standard InChI is InChI=1S/C24H37FN4O3.HI/c1-5-26-21(29-13-10-20(16-29)28-22(30)32-23(2,3)4)27-17-24(11-14-31-15-12-24)18-6-8-19(25)9-7-18;/h6-9,20H,5,10-17H2,1-4H3,(H,26,27)(H,28,30);1H. The van der Waals surface area contributed by atoms with E-state index in [1.54, 1.807) is 0 Å². The molecule has 9 heteroatoms. The van der Waals surface area contributed by atoms with Crippen LogP contribution in [-0.2, 0) is 14.9 Å². The molecule has 2 aliphatic heterocycles. The van der Waals surface area contributed by atoms with Gasteiger partial charge in [-0.3, -0.25) is 4.99 Å². The van der Waals surface area contributed by atoms with Crippen molar-refractivity contribution in [3.8, 4) is 0 Å². The first kappa shape index (κ1) is 27.6. The molecule has 0 bridgehead atoms. The third-order valence-electron chi connectivity index (χ3n) is 5.98. The van der Waals surface area contributed by atoms with Gasteiger partial charge in [-0.25, -0.2) is 9.18 Å². The molecule has 33 heavy (non-hydrogen) atoms. The van der Waals surface area contributed by atoms with Crippen LogP contribution in [0.2, 0.25) is 0 Å². The molecule has 1 aromatic carbocycles. The van der Waals surface area contributed by atoms with Crippen molar-refractivity contribution in [1.29, 1.82) is 0 Å². The van der Waals surface area contributed by atoms with Crippen molar-refractivity contribution in [1.82, 2.24) is 15.5 Å². The van der Waals surface area contributed by atoms with Gasteiger partial charge in [0.1, 0.15) is 11.4 Å². The number of aliphatic imine (C=N–C) groups is 1. The van der Waals surface area contributed by atoms with E-state index in [9.17, 15) is 9.18 Å². The van der Waals surface area contributed by atoms with E-state index in [1.165, 1.54) is 12.1 Å². The Bertz CT molecular complexity index is 792. The molecule has 0 spiro atoms. The molecule has 0 saturated carbocycles. The summed E-state index contributed by atoms with van der Waals surface area (Å²) in [5, 5.41) is 6.36. The molecule has 1 amide bonds. The summed E-state index contributed by atoms with van der Waals surface area (Å²) in [4.78, 5) is 19.3. The molecule has 2 heterocycles. The summed E-state index contributed by atoms with van der Waals surface area (Å²) >= 11 is 0. The number of hydrogen-bond donors (Lipinski definition) is 2. The van der Waals surface area contributed by atoms with Gasteiger partial charge in [0.2, 0.25) is 0 Å². The van der Waals surface area contributed by atoms with Crippen LogP contribution < -0.4 is 10.6 Å². The van der Waals surface area contributed by atoms with Gasteiger partial charge in [0.05, 0.1) is 12.6 Å². The number of halogens is 2. The predicted molar refractivity (Wildman–Crippen MR) is 139 cm³/mol. The summed E-state index contributed by atoms with van der Waals surface area (Å²) in [6.45, 7) is 11.8. The molecule has 2 fully saturated rings. The molecule has 2 saturated heterocycles. The van der Waals surface area contributed by atoms with Crippen molar-refractivity contribution < 1.29 is 18.7 Å². The number of benzene rings is 1. The number of carbonyl (C=O) groups is 1. The summed E-state index contributed by atoms with van der Waals surface area (Å²) < 4.78 is 24.5. The largest absolute Gasteiger partial charge is 0.444 e. The summed E-state index contributed by atoms with van der Waals surface area (Å²) in [5.74, 6) is 0.613. The number of ether oxygens (including phenoxy) is 2. The maximum absolute atomic E-state index is 13.5. The lowest BCUT2D eigenvalue weighted by atomic mass is 9.74. The smallest absolute Gasteiger partial charge is 0.407 e. The molecule has 0 aromatic heterocycles. The lowest BCUT2D eigenvalue weighted by molar-refractivity contribution is 0.0507. The van der Waals surface area contributed by atoms with Crippen LogP contribution in [0.3, 0.4) is 0 Å². The number of rotatable bonds is 5. The van der Waals surface area contributed by atoms with Gasteiger partial charge in [-0.05, 0) is 64.7 Å². The molecule has 0 radical (unpaired) electrons. The van der Waals surface area contributed by atoms with Gasteiger partial charge < -0.3 is 25.0 Å². The van der Waals surface area contributed by atoms with Crippen LogP contribution in [0.4, 0.5) is 9.18 Å². The summed E-state index contributed by atoms with van der Waals surface area (Å²) in [7, 11) is 0. The molecule has 186 valence electrons. The normalized spacial score (nSPS) is 20.7. The van der Waals surface area contributed by atoms with Crippen LogP contribution in [0.15, 0.2) is 29.3 Å². The quantitative estimate of drug-likeness (QED) is 0.315. The number of nitrogens with zero attached hydrogens (tertiary/aromatic N) is 2. The third kappa shape index (κ3) is 7.98.